The third-order valence-corrected chi connectivity index (χ3v) is 4.27. The molecule has 2 N–H and O–H groups in total. The number of rotatable bonds is 3. The Kier molecular flexibility index (Phi) is 3.00. The van der Waals surface area contributed by atoms with Gasteiger partial charge in [0.25, 0.3) is 0 Å². The first kappa shape index (κ1) is 12.6. The van der Waals surface area contributed by atoms with Gasteiger partial charge in [-0.1, -0.05) is 18.2 Å². The van der Waals surface area contributed by atoms with Crippen LogP contribution < -0.4 is 5.32 Å². The second-order valence-electron chi connectivity index (χ2n) is 5.72. The number of fused-ring (bicyclic) bond motifs is 3. The maximum Gasteiger partial charge on any atom is 0.164 e. The fourth-order valence-electron chi connectivity index (χ4n) is 3.30. The van der Waals surface area contributed by atoms with Crippen molar-refractivity contribution in [3.63, 3.8) is 0 Å². The van der Waals surface area contributed by atoms with Gasteiger partial charge in [-0.05, 0) is 30.9 Å². The summed E-state index contributed by atoms with van der Waals surface area (Å²) in [4.78, 5) is 7.88. The molecule has 0 saturated heterocycles. The summed E-state index contributed by atoms with van der Waals surface area (Å²) >= 11 is 0. The van der Waals surface area contributed by atoms with Gasteiger partial charge in [0.2, 0.25) is 0 Å². The Morgan fingerprint density at radius 3 is 3.14 bits per heavy atom. The first-order valence-corrected chi connectivity index (χ1v) is 7.48. The van der Waals surface area contributed by atoms with Crippen molar-refractivity contribution in [3.8, 4) is 0 Å². The summed E-state index contributed by atoms with van der Waals surface area (Å²) in [5, 5.41) is 9.30. The van der Waals surface area contributed by atoms with E-state index >= 15 is 0 Å². The highest BCUT2D eigenvalue weighted by atomic mass is 15.3. The van der Waals surface area contributed by atoms with Crippen LogP contribution in [0.1, 0.15) is 36.0 Å². The molecule has 0 spiro atoms. The summed E-state index contributed by atoms with van der Waals surface area (Å²) in [6.45, 7) is 0.709. The van der Waals surface area contributed by atoms with E-state index in [0.717, 1.165) is 12.2 Å². The number of hydrogen-bond acceptors (Lipinski definition) is 3. The number of aromatic amines is 1. The van der Waals surface area contributed by atoms with Gasteiger partial charge >= 0.3 is 0 Å². The molecule has 1 aliphatic rings. The van der Waals surface area contributed by atoms with Crippen LogP contribution in [0.2, 0.25) is 0 Å². The van der Waals surface area contributed by atoms with Crippen molar-refractivity contribution in [1.29, 1.82) is 0 Å². The summed E-state index contributed by atoms with van der Waals surface area (Å²) < 4.78 is 1.74. The lowest BCUT2D eigenvalue weighted by Crippen LogP contribution is -2.25. The predicted octanol–water partition coefficient (Wildman–Crippen LogP) is 2.46. The Labute approximate surface area is 123 Å². The van der Waals surface area contributed by atoms with Gasteiger partial charge in [0.1, 0.15) is 6.33 Å². The number of nitrogens with zero attached hydrogens (tertiary/aromatic N) is 3. The fourth-order valence-corrected chi connectivity index (χ4v) is 3.30. The molecule has 1 aliphatic carbocycles. The topological polar surface area (TPSA) is 58.5 Å². The zero-order valence-electron chi connectivity index (χ0n) is 12.1. The van der Waals surface area contributed by atoms with Gasteiger partial charge in [0.15, 0.2) is 5.82 Å². The minimum Gasteiger partial charge on any atom is -0.357 e. The minimum atomic E-state index is 0.366. The van der Waals surface area contributed by atoms with E-state index in [1.807, 2.05) is 7.05 Å². The molecule has 1 unspecified atom stereocenters. The Morgan fingerprint density at radius 1 is 1.38 bits per heavy atom. The van der Waals surface area contributed by atoms with Crippen LogP contribution in [0.4, 0.5) is 0 Å². The van der Waals surface area contributed by atoms with Crippen LogP contribution in [0.3, 0.4) is 0 Å². The lowest BCUT2D eigenvalue weighted by atomic mass is 9.92. The van der Waals surface area contributed by atoms with Crippen molar-refractivity contribution in [2.24, 2.45) is 7.05 Å². The summed E-state index contributed by atoms with van der Waals surface area (Å²) in [7, 11) is 1.90. The average molecular weight is 281 g/mol. The van der Waals surface area contributed by atoms with E-state index in [1.165, 1.54) is 35.0 Å². The van der Waals surface area contributed by atoms with Gasteiger partial charge in [-0.15, -0.1) is 0 Å². The molecule has 1 aromatic carbocycles. The third kappa shape index (κ3) is 2.23. The van der Waals surface area contributed by atoms with E-state index in [0.29, 0.717) is 12.6 Å². The quantitative estimate of drug-likeness (QED) is 0.775. The zero-order valence-corrected chi connectivity index (χ0v) is 12.1. The number of aryl methyl sites for hydroxylation is 2. The van der Waals surface area contributed by atoms with Crippen LogP contribution >= 0.6 is 0 Å². The molecule has 0 fully saturated rings. The van der Waals surface area contributed by atoms with Crippen molar-refractivity contribution in [2.45, 2.75) is 31.8 Å². The number of aromatic nitrogens is 4. The van der Waals surface area contributed by atoms with Crippen molar-refractivity contribution in [3.05, 3.63) is 47.7 Å². The molecule has 1 atom stereocenters. The highest BCUT2D eigenvalue weighted by molar-refractivity contribution is 5.85. The van der Waals surface area contributed by atoms with E-state index in [1.54, 1.807) is 11.0 Å². The Morgan fingerprint density at radius 2 is 2.29 bits per heavy atom. The maximum atomic E-state index is 4.33. The lowest BCUT2D eigenvalue weighted by Gasteiger charge is -2.23. The lowest BCUT2D eigenvalue weighted by molar-refractivity contribution is 0.446. The molecule has 21 heavy (non-hydrogen) atoms. The summed E-state index contributed by atoms with van der Waals surface area (Å²) in [6.07, 6.45) is 5.29. The van der Waals surface area contributed by atoms with Crippen LogP contribution in [-0.4, -0.2) is 19.7 Å². The number of nitrogens with one attached hydrogen (secondary N) is 2. The molecule has 0 aliphatic heterocycles. The van der Waals surface area contributed by atoms with E-state index in [2.05, 4.69) is 44.6 Å². The number of hydrogen-bond donors (Lipinski definition) is 2. The zero-order chi connectivity index (χ0) is 14.2. The molecule has 5 nitrogen and oxygen atoms in total. The van der Waals surface area contributed by atoms with E-state index in [9.17, 15) is 0 Å². The van der Waals surface area contributed by atoms with Gasteiger partial charge in [-0.25, -0.2) is 4.98 Å². The summed E-state index contributed by atoms with van der Waals surface area (Å²) in [5.41, 5.74) is 4.06. The van der Waals surface area contributed by atoms with Crippen LogP contribution in [-0.2, 0) is 20.0 Å². The van der Waals surface area contributed by atoms with Crippen LogP contribution in [0.25, 0.3) is 10.9 Å². The minimum absolute atomic E-state index is 0.366. The van der Waals surface area contributed by atoms with E-state index in [-0.39, 0.29) is 0 Å². The molecule has 0 saturated carbocycles. The highest BCUT2D eigenvalue weighted by Crippen LogP contribution is 2.34. The van der Waals surface area contributed by atoms with Crippen LogP contribution in [0.15, 0.2) is 30.6 Å². The normalized spacial score (nSPS) is 18.0. The maximum absolute atomic E-state index is 4.33. The van der Waals surface area contributed by atoms with Gasteiger partial charge in [0.05, 0.1) is 6.54 Å². The van der Waals surface area contributed by atoms with Crippen molar-refractivity contribution < 1.29 is 0 Å². The second-order valence-corrected chi connectivity index (χ2v) is 5.72. The Balaban J connectivity index is 1.61. The molecular formula is C16H19N5. The first-order chi connectivity index (χ1) is 10.3. The molecule has 2 aromatic heterocycles. The molecule has 108 valence electrons. The van der Waals surface area contributed by atoms with Crippen LogP contribution in [0.5, 0.6) is 0 Å². The molecule has 0 radical (unpaired) electrons. The predicted molar refractivity (Wildman–Crippen MR) is 81.8 cm³/mol. The van der Waals surface area contributed by atoms with Crippen molar-refractivity contribution in [2.75, 3.05) is 0 Å². The molecule has 0 amide bonds. The molecule has 2 heterocycles. The van der Waals surface area contributed by atoms with Crippen molar-refractivity contribution >= 4 is 10.9 Å². The monoisotopic (exact) mass is 281 g/mol. The van der Waals surface area contributed by atoms with Gasteiger partial charge in [0, 0.05) is 29.7 Å². The average Bonchev–Trinajstić information content (AvgIpc) is 3.09. The number of H-pyrrole nitrogens is 1. The summed E-state index contributed by atoms with van der Waals surface area (Å²) in [6, 6.07) is 8.94. The van der Waals surface area contributed by atoms with Gasteiger partial charge < -0.3 is 10.3 Å². The Bertz CT molecular complexity index is 770. The van der Waals surface area contributed by atoms with Crippen LogP contribution in [0, 0.1) is 0 Å². The largest absolute Gasteiger partial charge is 0.357 e. The van der Waals surface area contributed by atoms with Gasteiger partial charge in [-0.3, -0.25) is 4.68 Å². The summed E-state index contributed by atoms with van der Waals surface area (Å²) in [5.74, 6) is 0.848. The highest BCUT2D eigenvalue weighted by Gasteiger charge is 2.23. The Hall–Kier alpha value is -2.14. The number of benzene rings is 1. The SMILES string of the molecule is Cn1cnc(CNC2CCCc3c2[nH]c2ccccc32)n1. The molecular weight excluding hydrogens is 262 g/mol. The van der Waals surface area contributed by atoms with Crippen molar-refractivity contribution in [1.82, 2.24) is 25.1 Å². The van der Waals surface area contributed by atoms with E-state index in [4.69, 9.17) is 0 Å². The second kappa shape index (κ2) is 5.00. The smallest absolute Gasteiger partial charge is 0.164 e. The fraction of sp³-hybridized carbons (Fsp3) is 0.375. The molecule has 4 rings (SSSR count). The van der Waals surface area contributed by atoms with E-state index < -0.39 is 0 Å². The molecule has 5 heteroatoms. The number of para-hydroxylation sites is 1. The first-order valence-electron chi connectivity index (χ1n) is 7.48. The molecule has 0 bridgehead atoms. The molecule has 3 aromatic rings. The van der Waals surface area contributed by atoms with Gasteiger partial charge in [-0.2, -0.15) is 5.10 Å². The standard InChI is InChI=1S/C16H19N5/c1-21-10-18-15(20-21)9-17-14-8-4-6-12-11-5-2-3-7-13(11)19-16(12)14/h2-3,5,7,10,14,17,19H,4,6,8-9H2,1H3. The third-order valence-electron chi connectivity index (χ3n) is 4.27.